The van der Waals surface area contributed by atoms with Crippen LogP contribution in [0.3, 0.4) is 0 Å². The highest BCUT2D eigenvalue weighted by Gasteiger charge is 2.18. The summed E-state index contributed by atoms with van der Waals surface area (Å²) in [5, 5.41) is 1.00. The molecule has 2 N–H and O–H groups in total. The van der Waals surface area contributed by atoms with Crippen molar-refractivity contribution < 1.29 is 9.47 Å². The highest BCUT2D eigenvalue weighted by Crippen LogP contribution is 2.29. The molecule has 0 amide bonds. The zero-order valence-corrected chi connectivity index (χ0v) is 23.2. The number of aryl methyl sites for hydroxylation is 2. The standard InChI is InChI=1S/C28H37N7O2S/c1-3-4-15-37-27-32-24-12-8-11-23(25(29)33-27)31-28(36-2)35(24)19-22-17-30-26(38-22)21-10-7-9-20(16-21)18-34-13-5-6-14-34/h7,9-10,16-17H,3-6,8,11-15,18-19,29H2,1-2H3. The molecule has 5 heterocycles. The van der Waals surface area contributed by atoms with Crippen LogP contribution in [-0.2, 0) is 25.9 Å². The number of nitrogen functional groups attached to an aromatic ring is 1. The molecule has 0 spiro atoms. The maximum Gasteiger partial charge on any atom is 0.320 e. The van der Waals surface area contributed by atoms with Crippen LogP contribution < -0.4 is 15.2 Å². The van der Waals surface area contributed by atoms with E-state index in [1.54, 1.807) is 18.4 Å². The van der Waals surface area contributed by atoms with Gasteiger partial charge in [-0.15, -0.1) is 11.3 Å². The average Bonchev–Trinajstić information content (AvgIpc) is 3.61. The van der Waals surface area contributed by atoms with Crippen LogP contribution in [-0.4, -0.2) is 56.2 Å². The molecule has 0 atom stereocenters. The van der Waals surface area contributed by atoms with Gasteiger partial charge in [-0.3, -0.25) is 9.47 Å². The first-order valence-electron chi connectivity index (χ1n) is 13.6. The number of nitrogens with zero attached hydrogens (tertiary/aromatic N) is 6. The number of thiazole rings is 1. The van der Waals surface area contributed by atoms with Gasteiger partial charge < -0.3 is 15.2 Å². The largest absolute Gasteiger partial charge is 0.468 e. The Morgan fingerprint density at radius 3 is 2.74 bits per heavy atom. The Hall–Kier alpha value is -3.24. The lowest BCUT2D eigenvalue weighted by Gasteiger charge is -2.15. The maximum atomic E-state index is 6.31. The number of nitrogens with two attached hydrogens (primary N) is 1. The third kappa shape index (κ3) is 6.42. The van der Waals surface area contributed by atoms with Crippen LogP contribution >= 0.6 is 11.3 Å². The molecule has 0 unspecified atom stereocenters. The zero-order valence-electron chi connectivity index (χ0n) is 22.4. The Bertz CT molecular complexity index is 1300. The van der Waals surface area contributed by atoms with E-state index in [9.17, 15) is 0 Å². The van der Waals surface area contributed by atoms with Gasteiger partial charge >= 0.3 is 6.01 Å². The van der Waals surface area contributed by atoms with Crippen molar-refractivity contribution in [1.29, 1.82) is 0 Å². The maximum absolute atomic E-state index is 6.31. The normalized spacial score (nSPS) is 14.9. The number of rotatable bonds is 10. The molecule has 3 aliphatic rings. The van der Waals surface area contributed by atoms with E-state index in [1.807, 2.05) is 10.8 Å². The fraction of sp³-hybridized carbons (Fsp3) is 0.500. The molecule has 0 radical (unpaired) electrons. The SMILES string of the molecule is CCCCOc1nc(N)c2nc(OC)n(Cc3cnc(-c4cccc(CN5CCCC5)c4)s3)c(n1)CCC2. The molecule has 38 heavy (non-hydrogen) atoms. The Balaban J connectivity index is 1.46. The van der Waals surface area contributed by atoms with E-state index in [0.717, 1.165) is 53.5 Å². The summed E-state index contributed by atoms with van der Waals surface area (Å²) in [6.07, 6.45) is 8.79. The van der Waals surface area contributed by atoms with E-state index >= 15 is 0 Å². The number of anilines is 1. The Labute approximate surface area is 228 Å². The molecule has 10 heteroatoms. The van der Waals surface area contributed by atoms with Crippen molar-refractivity contribution in [2.45, 2.75) is 65.0 Å². The van der Waals surface area contributed by atoms with E-state index in [4.69, 9.17) is 30.2 Å². The molecule has 3 aromatic rings. The summed E-state index contributed by atoms with van der Waals surface area (Å²) in [7, 11) is 1.63. The lowest BCUT2D eigenvalue weighted by molar-refractivity contribution is 0.284. The molecular weight excluding hydrogens is 498 g/mol. The number of likely N-dealkylation sites (tertiary alicyclic amines) is 1. The van der Waals surface area contributed by atoms with Crippen molar-refractivity contribution in [3.63, 3.8) is 0 Å². The number of hydrogen-bond donors (Lipinski definition) is 1. The molecule has 1 fully saturated rings. The van der Waals surface area contributed by atoms with Gasteiger partial charge in [-0.2, -0.15) is 15.0 Å². The quantitative estimate of drug-likeness (QED) is 0.369. The van der Waals surface area contributed by atoms with Crippen LogP contribution in [0.4, 0.5) is 5.82 Å². The molecular formula is C28H37N7O2S. The summed E-state index contributed by atoms with van der Waals surface area (Å²) in [5.74, 6) is 1.13. The molecule has 202 valence electrons. The molecule has 9 nitrogen and oxygen atoms in total. The van der Waals surface area contributed by atoms with E-state index in [0.29, 0.717) is 37.1 Å². The van der Waals surface area contributed by atoms with E-state index in [1.165, 1.54) is 31.5 Å². The second-order valence-corrected chi connectivity index (χ2v) is 10.9. The molecule has 3 aliphatic heterocycles. The number of hydrogen-bond acceptors (Lipinski definition) is 9. The van der Waals surface area contributed by atoms with Gasteiger partial charge in [0.1, 0.15) is 10.8 Å². The molecule has 0 aliphatic carbocycles. The van der Waals surface area contributed by atoms with Gasteiger partial charge in [0.15, 0.2) is 5.82 Å². The van der Waals surface area contributed by atoms with Gasteiger partial charge in [0.05, 0.1) is 26.0 Å². The van der Waals surface area contributed by atoms with Crippen molar-refractivity contribution in [2.75, 3.05) is 32.5 Å². The van der Waals surface area contributed by atoms with Gasteiger partial charge in [-0.25, -0.2) is 4.98 Å². The minimum absolute atomic E-state index is 0.280. The van der Waals surface area contributed by atoms with Crippen LogP contribution in [0.25, 0.3) is 10.6 Å². The minimum atomic E-state index is 0.280. The van der Waals surface area contributed by atoms with Crippen molar-refractivity contribution in [2.24, 2.45) is 0 Å². The monoisotopic (exact) mass is 535 g/mol. The number of unbranched alkanes of at least 4 members (excludes halogenated alkanes) is 1. The molecule has 1 saturated heterocycles. The number of benzene rings is 1. The first-order valence-corrected chi connectivity index (χ1v) is 14.4. The topological polar surface area (TPSA) is 104 Å². The summed E-state index contributed by atoms with van der Waals surface area (Å²) < 4.78 is 13.6. The van der Waals surface area contributed by atoms with Gasteiger partial charge in [-0.1, -0.05) is 31.5 Å². The summed E-state index contributed by atoms with van der Waals surface area (Å²) in [6.45, 7) is 6.57. The van der Waals surface area contributed by atoms with Gasteiger partial charge in [0, 0.05) is 29.6 Å². The Morgan fingerprint density at radius 2 is 1.92 bits per heavy atom. The fourth-order valence-electron chi connectivity index (χ4n) is 4.85. The molecule has 2 aromatic heterocycles. The molecule has 0 saturated carbocycles. The number of ether oxygens (including phenoxy) is 2. The van der Waals surface area contributed by atoms with Gasteiger partial charge in [0.25, 0.3) is 6.01 Å². The summed E-state index contributed by atoms with van der Waals surface area (Å²) in [6, 6.07) is 9.48. The van der Waals surface area contributed by atoms with Crippen LogP contribution in [0, 0.1) is 0 Å². The van der Waals surface area contributed by atoms with Crippen LogP contribution in [0.1, 0.15) is 61.0 Å². The predicted octanol–water partition coefficient (Wildman–Crippen LogP) is 4.82. The zero-order chi connectivity index (χ0) is 26.3. The van der Waals surface area contributed by atoms with Crippen molar-refractivity contribution in [3.8, 4) is 22.6 Å². The van der Waals surface area contributed by atoms with E-state index in [-0.39, 0.29) is 6.01 Å². The minimum Gasteiger partial charge on any atom is -0.468 e. The van der Waals surface area contributed by atoms with Crippen LogP contribution in [0.15, 0.2) is 30.5 Å². The number of fused-ring (bicyclic) bond motifs is 7. The fourth-order valence-corrected chi connectivity index (χ4v) is 5.75. The third-order valence-electron chi connectivity index (χ3n) is 6.88. The second kappa shape index (κ2) is 12.5. The molecule has 2 bridgehead atoms. The van der Waals surface area contributed by atoms with Gasteiger partial charge in [0.2, 0.25) is 0 Å². The number of aromatic nitrogens is 5. The van der Waals surface area contributed by atoms with Gasteiger partial charge in [-0.05, 0) is 56.8 Å². The highest BCUT2D eigenvalue weighted by molar-refractivity contribution is 7.15. The van der Waals surface area contributed by atoms with Crippen LogP contribution in [0.5, 0.6) is 12.0 Å². The first-order chi connectivity index (χ1) is 18.6. The van der Waals surface area contributed by atoms with E-state index < -0.39 is 0 Å². The lowest BCUT2D eigenvalue weighted by Crippen LogP contribution is -2.18. The Kier molecular flexibility index (Phi) is 8.70. The summed E-state index contributed by atoms with van der Waals surface area (Å²) >= 11 is 1.68. The van der Waals surface area contributed by atoms with Crippen LogP contribution in [0.2, 0.25) is 0 Å². The second-order valence-electron chi connectivity index (χ2n) is 9.81. The summed E-state index contributed by atoms with van der Waals surface area (Å²) in [4.78, 5) is 22.4. The van der Waals surface area contributed by atoms with Crippen molar-refractivity contribution in [3.05, 3.63) is 52.4 Å². The van der Waals surface area contributed by atoms with Crippen molar-refractivity contribution >= 4 is 17.2 Å². The smallest absolute Gasteiger partial charge is 0.320 e. The predicted molar refractivity (Wildman–Crippen MR) is 150 cm³/mol. The first kappa shape index (κ1) is 26.4. The lowest BCUT2D eigenvalue weighted by atomic mass is 10.1. The molecule has 6 rings (SSSR count). The average molecular weight is 536 g/mol. The van der Waals surface area contributed by atoms with Crippen molar-refractivity contribution in [1.82, 2.24) is 29.4 Å². The number of methoxy groups -OCH3 is 1. The third-order valence-corrected chi connectivity index (χ3v) is 7.91. The highest BCUT2D eigenvalue weighted by atomic mass is 32.1. The Morgan fingerprint density at radius 1 is 1.05 bits per heavy atom. The van der Waals surface area contributed by atoms with E-state index in [2.05, 4.69) is 41.1 Å². The summed E-state index contributed by atoms with van der Waals surface area (Å²) in [5.41, 5.74) is 9.49. The molecule has 1 aromatic carbocycles.